The number of carbonyl (C=O) groups is 1. The molecule has 0 aliphatic heterocycles. The van der Waals surface area contributed by atoms with E-state index in [1.165, 1.54) is 21.6 Å². The highest BCUT2D eigenvalue weighted by atomic mass is 32.1. The van der Waals surface area contributed by atoms with E-state index in [9.17, 15) is 4.79 Å². The van der Waals surface area contributed by atoms with Gasteiger partial charge >= 0.3 is 0 Å². The second kappa shape index (κ2) is 5.31. The van der Waals surface area contributed by atoms with E-state index in [1.807, 2.05) is 12.1 Å². The van der Waals surface area contributed by atoms with E-state index >= 15 is 0 Å². The van der Waals surface area contributed by atoms with Crippen LogP contribution in [-0.4, -0.2) is 15.4 Å². The highest BCUT2D eigenvalue weighted by Gasteiger charge is 2.26. The van der Waals surface area contributed by atoms with Crippen molar-refractivity contribution in [2.45, 2.75) is 32.6 Å². The van der Waals surface area contributed by atoms with Crippen LogP contribution in [0, 0.1) is 0 Å². The number of thiophene rings is 1. The summed E-state index contributed by atoms with van der Waals surface area (Å²) >= 11 is 2.89. The van der Waals surface area contributed by atoms with Crippen LogP contribution < -0.4 is 0 Å². The fourth-order valence-electron chi connectivity index (χ4n) is 2.29. The highest BCUT2D eigenvalue weighted by molar-refractivity contribution is 7.17. The van der Waals surface area contributed by atoms with Crippen LogP contribution in [0.15, 0.2) is 29.6 Å². The topological polar surface area (TPSA) is 42.9 Å². The third-order valence-electron chi connectivity index (χ3n) is 3.36. The normalized spacial score (nSPS) is 12.0. The van der Waals surface area contributed by atoms with Gasteiger partial charge in [-0.05, 0) is 33.9 Å². The molecule has 0 aliphatic rings. The molecule has 0 spiro atoms. The Morgan fingerprint density at radius 2 is 2.00 bits per heavy atom. The third-order valence-corrected chi connectivity index (χ3v) is 5.14. The zero-order valence-electron chi connectivity index (χ0n) is 12.2. The van der Waals surface area contributed by atoms with Crippen LogP contribution >= 0.6 is 22.9 Å². The largest absolute Gasteiger partial charge is 0.293 e. The van der Waals surface area contributed by atoms with Gasteiger partial charge in [0.05, 0.1) is 5.69 Å². The Kier molecular flexibility index (Phi) is 3.63. The minimum Gasteiger partial charge on any atom is -0.293 e. The molecule has 0 radical (unpaired) electrons. The number of aromatic nitrogens is 2. The van der Waals surface area contributed by atoms with Crippen molar-refractivity contribution in [3.63, 3.8) is 0 Å². The second-order valence-corrected chi connectivity index (χ2v) is 7.72. The molecule has 0 fully saturated rings. The number of fused-ring (bicyclic) bond motifs is 1. The zero-order valence-corrected chi connectivity index (χ0v) is 13.8. The second-order valence-electron chi connectivity index (χ2n) is 6.06. The van der Waals surface area contributed by atoms with Crippen molar-refractivity contribution in [1.29, 1.82) is 0 Å². The molecule has 0 saturated heterocycles. The van der Waals surface area contributed by atoms with Crippen LogP contribution in [0.2, 0.25) is 0 Å². The van der Waals surface area contributed by atoms with Crippen LogP contribution in [0.3, 0.4) is 0 Å². The van der Waals surface area contributed by atoms with Gasteiger partial charge in [0.2, 0.25) is 0 Å². The van der Waals surface area contributed by atoms with Gasteiger partial charge in [-0.3, -0.25) is 4.79 Å². The minimum absolute atomic E-state index is 0.110. The average molecular weight is 316 g/mol. The number of rotatable bonds is 3. The lowest BCUT2D eigenvalue weighted by Crippen LogP contribution is -2.17. The number of hydrogen-bond acceptors (Lipinski definition) is 5. The highest BCUT2D eigenvalue weighted by Crippen LogP contribution is 2.30. The lowest BCUT2D eigenvalue weighted by Gasteiger charge is -2.15. The Hall–Kier alpha value is -1.59. The fraction of sp³-hybridized carbons (Fsp3) is 0.312. The Morgan fingerprint density at radius 3 is 2.76 bits per heavy atom. The number of Topliss-reactive ketones (excluding diaryl/α,β-unsaturated/α-hetero) is 1. The number of nitrogens with zero attached hydrogens (tertiary/aromatic N) is 2. The average Bonchev–Trinajstić information content (AvgIpc) is 3.05. The fourth-order valence-corrected chi connectivity index (χ4v) is 4.06. The molecule has 2 heterocycles. The molecule has 0 unspecified atom stereocenters. The number of ketones is 1. The van der Waals surface area contributed by atoms with Crippen molar-refractivity contribution >= 4 is 38.7 Å². The zero-order chi connectivity index (χ0) is 15.0. The van der Waals surface area contributed by atoms with Crippen molar-refractivity contribution in [3.05, 3.63) is 45.8 Å². The molecule has 1 aromatic carbocycles. The van der Waals surface area contributed by atoms with Crippen molar-refractivity contribution < 1.29 is 4.79 Å². The molecule has 0 bridgehead atoms. The molecule has 2 aromatic heterocycles. The summed E-state index contributed by atoms with van der Waals surface area (Å²) < 4.78 is 5.20. The summed E-state index contributed by atoms with van der Waals surface area (Å²) in [6.45, 7) is 6.17. The van der Waals surface area contributed by atoms with E-state index in [-0.39, 0.29) is 11.2 Å². The standard InChI is InChI=1S/C16H16N2OS2/c1-16(2,3)15-14(21-18-17-15)12(19)8-10-9-20-13-7-5-4-6-11(10)13/h4-7,9H,8H2,1-3H3. The number of hydrogen-bond donors (Lipinski definition) is 0. The quantitative estimate of drug-likeness (QED) is 0.669. The first kappa shape index (κ1) is 14.4. The molecule has 5 heteroatoms. The van der Waals surface area contributed by atoms with Crippen molar-refractivity contribution in [3.8, 4) is 0 Å². The lowest BCUT2D eigenvalue weighted by molar-refractivity contribution is 0.0995. The summed E-state index contributed by atoms with van der Waals surface area (Å²) in [7, 11) is 0. The van der Waals surface area contributed by atoms with E-state index in [0.717, 1.165) is 11.3 Å². The first-order valence-electron chi connectivity index (χ1n) is 6.78. The van der Waals surface area contributed by atoms with Crippen molar-refractivity contribution in [2.24, 2.45) is 0 Å². The molecule has 0 aliphatic carbocycles. The van der Waals surface area contributed by atoms with E-state index in [2.05, 4.69) is 47.9 Å². The molecule has 0 N–H and O–H groups in total. The number of carbonyl (C=O) groups excluding carboxylic acids is 1. The Morgan fingerprint density at radius 1 is 1.24 bits per heavy atom. The van der Waals surface area contributed by atoms with Gasteiger partial charge in [-0.25, -0.2) is 0 Å². The Labute approximate surface area is 131 Å². The predicted molar refractivity (Wildman–Crippen MR) is 88.5 cm³/mol. The molecule has 3 aromatic rings. The van der Waals surface area contributed by atoms with Gasteiger partial charge in [-0.2, -0.15) is 0 Å². The summed E-state index contributed by atoms with van der Waals surface area (Å²) in [5, 5.41) is 7.40. The molecular formula is C16H16N2OS2. The van der Waals surface area contributed by atoms with Crippen LogP contribution in [0.1, 0.15) is 41.7 Å². The summed E-state index contributed by atoms with van der Waals surface area (Å²) in [6.07, 6.45) is 0.414. The summed E-state index contributed by atoms with van der Waals surface area (Å²) in [6, 6.07) is 8.19. The van der Waals surface area contributed by atoms with Crippen molar-refractivity contribution in [1.82, 2.24) is 9.59 Å². The maximum atomic E-state index is 12.6. The maximum Gasteiger partial charge on any atom is 0.180 e. The van der Waals surface area contributed by atoms with E-state index < -0.39 is 0 Å². The van der Waals surface area contributed by atoms with Crippen LogP contribution in [0.5, 0.6) is 0 Å². The smallest absolute Gasteiger partial charge is 0.180 e. The third kappa shape index (κ3) is 2.76. The molecule has 0 saturated carbocycles. The lowest BCUT2D eigenvalue weighted by atomic mass is 9.90. The van der Waals surface area contributed by atoms with Gasteiger partial charge in [0.15, 0.2) is 5.78 Å². The molecule has 0 atom stereocenters. The van der Waals surface area contributed by atoms with Gasteiger partial charge < -0.3 is 0 Å². The maximum absolute atomic E-state index is 12.6. The summed E-state index contributed by atoms with van der Waals surface area (Å²) in [5.74, 6) is 0.110. The van der Waals surface area contributed by atoms with E-state index in [4.69, 9.17) is 0 Å². The summed E-state index contributed by atoms with van der Waals surface area (Å²) in [4.78, 5) is 13.3. The minimum atomic E-state index is -0.158. The SMILES string of the molecule is CC(C)(C)c1nnsc1C(=O)Cc1csc2ccccc12. The van der Waals surface area contributed by atoms with E-state index in [1.54, 1.807) is 11.3 Å². The molecule has 108 valence electrons. The molecule has 3 nitrogen and oxygen atoms in total. The molecule has 21 heavy (non-hydrogen) atoms. The molecular weight excluding hydrogens is 300 g/mol. The van der Waals surface area contributed by atoms with Gasteiger partial charge in [0.1, 0.15) is 4.88 Å². The van der Waals surface area contributed by atoms with Gasteiger partial charge in [0.25, 0.3) is 0 Å². The first-order valence-corrected chi connectivity index (χ1v) is 8.43. The van der Waals surface area contributed by atoms with Gasteiger partial charge in [0, 0.05) is 16.5 Å². The van der Waals surface area contributed by atoms with Crippen LogP contribution in [-0.2, 0) is 11.8 Å². The van der Waals surface area contributed by atoms with Gasteiger partial charge in [-0.1, -0.05) is 43.5 Å². The Bertz CT molecular complexity index is 796. The first-order chi connectivity index (χ1) is 9.97. The molecule has 3 rings (SSSR count). The number of benzene rings is 1. The Balaban J connectivity index is 1.92. The van der Waals surface area contributed by atoms with Crippen molar-refractivity contribution in [2.75, 3.05) is 0 Å². The monoisotopic (exact) mass is 316 g/mol. The van der Waals surface area contributed by atoms with Crippen LogP contribution in [0.4, 0.5) is 0 Å². The van der Waals surface area contributed by atoms with Gasteiger partial charge in [-0.15, -0.1) is 16.4 Å². The predicted octanol–water partition coefficient (Wildman–Crippen LogP) is 4.48. The summed E-state index contributed by atoms with van der Waals surface area (Å²) in [5.41, 5.74) is 1.74. The van der Waals surface area contributed by atoms with Crippen LogP contribution in [0.25, 0.3) is 10.1 Å². The van der Waals surface area contributed by atoms with E-state index in [0.29, 0.717) is 11.3 Å². The molecule has 0 amide bonds.